The highest BCUT2D eigenvalue weighted by Gasteiger charge is 2.15. The molecule has 1 aromatic heterocycles. The first kappa shape index (κ1) is 23.2. The minimum Gasteiger partial charge on any atom is -0.484 e. The number of carbonyl (C=O) groups excluding carboxylic acids is 1. The summed E-state index contributed by atoms with van der Waals surface area (Å²) >= 11 is 7.59. The first-order valence-electron chi connectivity index (χ1n) is 9.78. The number of hydrogen-bond acceptors (Lipinski definition) is 6. The van der Waals surface area contributed by atoms with E-state index in [0.29, 0.717) is 39.5 Å². The predicted molar refractivity (Wildman–Crippen MR) is 125 cm³/mol. The van der Waals surface area contributed by atoms with E-state index in [-0.39, 0.29) is 30.6 Å². The molecule has 31 heavy (non-hydrogen) atoms. The summed E-state index contributed by atoms with van der Waals surface area (Å²) in [6, 6.07) is 11.6. The second-order valence-electron chi connectivity index (χ2n) is 7.04. The molecule has 6 nitrogen and oxygen atoms in total. The first-order chi connectivity index (χ1) is 14.9. The SMILES string of the molecule is CSCC[C@@H](CO)NC(=O)COc1ccc2c(=O)c(-c3ccc(Cl)cc3)c(C)oc2c1. The minimum atomic E-state index is -0.323. The van der Waals surface area contributed by atoms with Crippen molar-refractivity contribution >= 4 is 40.2 Å². The molecule has 0 aliphatic rings. The van der Waals surface area contributed by atoms with Crippen LogP contribution in [-0.4, -0.2) is 42.3 Å². The Kier molecular flexibility index (Phi) is 8.01. The molecule has 0 aliphatic carbocycles. The van der Waals surface area contributed by atoms with Gasteiger partial charge in [-0.25, -0.2) is 0 Å². The standard InChI is InChI=1S/C23H24ClNO5S/c1-14-22(15-3-5-16(24)6-4-15)23(28)19-8-7-18(11-20(19)30-14)29-13-21(27)25-17(12-26)9-10-31-2/h3-8,11,17,26H,9-10,12-13H2,1-2H3,(H,25,27)/t17-/m0/s1. The molecule has 0 aliphatic heterocycles. The van der Waals surface area contributed by atoms with E-state index >= 15 is 0 Å². The van der Waals surface area contributed by atoms with Crippen LogP contribution < -0.4 is 15.5 Å². The molecule has 0 saturated carbocycles. The minimum absolute atomic E-state index is 0.122. The number of ether oxygens (including phenoxy) is 1. The van der Waals surface area contributed by atoms with E-state index in [1.807, 2.05) is 6.26 Å². The Morgan fingerprint density at radius 3 is 2.68 bits per heavy atom. The Morgan fingerprint density at radius 1 is 1.26 bits per heavy atom. The van der Waals surface area contributed by atoms with Crippen LogP contribution in [0.5, 0.6) is 5.75 Å². The third-order valence-electron chi connectivity index (χ3n) is 4.80. The number of thioether (sulfide) groups is 1. The van der Waals surface area contributed by atoms with Gasteiger partial charge in [-0.3, -0.25) is 9.59 Å². The van der Waals surface area contributed by atoms with Crippen molar-refractivity contribution < 1.29 is 19.1 Å². The number of aryl methyl sites for hydroxylation is 1. The average Bonchev–Trinajstić information content (AvgIpc) is 2.76. The van der Waals surface area contributed by atoms with Gasteiger partial charge in [-0.05, 0) is 55.2 Å². The van der Waals surface area contributed by atoms with Crippen molar-refractivity contribution in [2.24, 2.45) is 0 Å². The lowest BCUT2D eigenvalue weighted by Crippen LogP contribution is -2.40. The Labute approximate surface area is 189 Å². The van der Waals surface area contributed by atoms with Crippen molar-refractivity contribution in [2.45, 2.75) is 19.4 Å². The Morgan fingerprint density at radius 2 is 2.00 bits per heavy atom. The molecule has 8 heteroatoms. The molecule has 0 saturated heterocycles. The summed E-state index contributed by atoms with van der Waals surface area (Å²) in [6.07, 6.45) is 2.65. The number of carbonyl (C=O) groups is 1. The van der Waals surface area contributed by atoms with Crippen LogP contribution in [0, 0.1) is 6.92 Å². The monoisotopic (exact) mass is 461 g/mol. The van der Waals surface area contributed by atoms with Crippen LogP contribution in [-0.2, 0) is 4.79 Å². The zero-order valence-corrected chi connectivity index (χ0v) is 18.9. The third kappa shape index (κ3) is 5.81. The number of aliphatic hydroxyl groups excluding tert-OH is 1. The molecule has 1 amide bonds. The maximum atomic E-state index is 13.0. The smallest absolute Gasteiger partial charge is 0.258 e. The van der Waals surface area contributed by atoms with E-state index in [1.54, 1.807) is 61.2 Å². The number of nitrogens with one attached hydrogen (secondary N) is 1. The van der Waals surface area contributed by atoms with Crippen molar-refractivity contribution in [3.05, 3.63) is 63.5 Å². The van der Waals surface area contributed by atoms with Gasteiger partial charge in [0.2, 0.25) is 5.43 Å². The fourth-order valence-corrected chi connectivity index (χ4v) is 3.86. The van der Waals surface area contributed by atoms with Crippen LogP contribution in [0.25, 0.3) is 22.1 Å². The van der Waals surface area contributed by atoms with Gasteiger partial charge in [-0.2, -0.15) is 11.8 Å². The number of rotatable bonds is 9. The highest BCUT2D eigenvalue weighted by atomic mass is 35.5. The second-order valence-corrected chi connectivity index (χ2v) is 8.47. The maximum Gasteiger partial charge on any atom is 0.258 e. The lowest BCUT2D eigenvalue weighted by atomic mass is 10.0. The Bertz CT molecular complexity index is 1110. The molecule has 0 radical (unpaired) electrons. The summed E-state index contributed by atoms with van der Waals surface area (Å²) in [5, 5.41) is 13.1. The summed E-state index contributed by atoms with van der Waals surface area (Å²) in [4.78, 5) is 25.1. The van der Waals surface area contributed by atoms with Gasteiger partial charge in [-0.1, -0.05) is 23.7 Å². The van der Waals surface area contributed by atoms with Gasteiger partial charge >= 0.3 is 0 Å². The van der Waals surface area contributed by atoms with Crippen LogP contribution in [0.3, 0.4) is 0 Å². The van der Waals surface area contributed by atoms with E-state index < -0.39 is 0 Å². The normalized spacial score (nSPS) is 12.0. The van der Waals surface area contributed by atoms with E-state index in [1.165, 1.54) is 0 Å². The van der Waals surface area contributed by atoms with Gasteiger partial charge in [0.05, 0.1) is 23.6 Å². The lowest BCUT2D eigenvalue weighted by molar-refractivity contribution is -0.124. The average molecular weight is 462 g/mol. The summed E-state index contributed by atoms with van der Waals surface area (Å²) in [6.45, 7) is 1.41. The van der Waals surface area contributed by atoms with E-state index in [4.69, 9.17) is 20.8 Å². The van der Waals surface area contributed by atoms with Gasteiger partial charge in [0.1, 0.15) is 17.1 Å². The van der Waals surface area contributed by atoms with E-state index in [9.17, 15) is 14.7 Å². The molecular formula is C23H24ClNO5S. The number of hydrogen-bond donors (Lipinski definition) is 2. The number of amides is 1. The summed E-state index contributed by atoms with van der Waals surface area (Å²) in [5.41, 5.74) is 1.45. The quantitative estimate of drug-likeness (QED) is 0.500. The molecule has 0 spiro atoms. The molecule has 2 N–H and O–H groups in total. The zero-order chi connectivity index (χ0) is 22.4. The van der Waals surface area contributed by atoms with Crippen molar-refractivity contribution in [3.8, 4) is 16.9 Å². The molecule has 0 fully saturated rings. The molecule has 3 rings (SSSR count). The highest BCUT2D eigenvalue weighted by Crippen LogP contribution is 2.27. The number of benzene rings is 2. The van der Waals surface area contributed by atoms with E-state index in [0.717, 1.165) is 11.3 Å². The molecule has 164 valence electrons. The second kappa shape index (κ2) is 10.7. The fourth-order valence-electron chi connectivity index (χ4n) is 3.21. The molecular weight excluding hydrogens is 438 g/mol. The fraction of sp³-hybridized carbons (Fsp3) is 0.304. The van der Waals surface area contributed by atoms with Crippen molar-refractivity contribution in [1.82, 2.24) is 5.32 Å². The number of halogens is 1. The van der Waals surface area contributed by atoms with Gasteiger partial charge in [0.25, 0.3) is 5.91 Å². The molecule has 0 unspecified atom stereocenters. The summed E-state index contributed by atoms with van der Waals surface area (Å²) < 4.78 is 11.4. The number of fused-ring (bicyclic) bond motifs is 1. The van der Waals surface area contributed by atoms with Gasteiger partial charge < -0.3 is 19.6 Å². The van der Waals surface area contributed by atoms with Crippen LogP contribution in [0.2, 0.25) is 5.02 Å². The summed E-state index contributed by atoms with van der Waals surface area (Å²) in [5.74, 6) is 1.41. The summed E-state index contributed by atoms with van der Waals surface area (Å²) in [7, 11) is 0. The van der Waals surface area contributed by atoms with Crippen molar-refractivity contribution in [2.75, 3.05) is 25.2 Å². The highest BCUT2D eigenvalue weighted by molar-refractivity contribution is 7.98. The largest absolute Gasteiger partial charge is 0.484 e. The third-order valence-corrected chi connectivity index (χ3v) is 5.69. The van der Waals surface area contributed by atoms with Crippen LogP contribution in [0.4, 0.5) is 0 Å². The zero-order valence-electron chi connectivity index (χ0n) is 17.3. The van der Waals surface area contributed by atoms with E-state index in [2.05, 4.69) is 5.32 Å². The van der Waals surface area contributed by atoms with Crippen LogP contribution in [0.15, 0.2) is 51.7 Å². The first-order valence-corrected chi connectivity index (χ1v) is 11.6. The maximum absolute atomic E-state index is 13.0. The molecule has 3 aromatic rings. The van der Waals surface area contributed by atoms with Crippen molar-refractivity contribution in [3.63, 3.8) is 0 Å². The predicted octanol–water partition coefficient (Wildman–Crippen LogP) is 4.03. The Hall–Kier alpha value is -2.48. The lowest BCUT2D eigenvalue weighted by Gasteiger charge is -2.16. The molecule has 0 bridgehead atoms. The molecule has 1 heterocycles. The Balaban J connectivity index is 1.76. The molecule has 2 aromatic carbocycles. The number of aliphatic hydroxyl groups is 1. The van der Waals surface area contributed by atoms with Gasteiger partial charge in [0, 0.05) is 11.1 Å². The van der Waals surface area contributed by atoms with Gasteiger partial charge in [-0.15, -0.1) is 0 Å². The topological polar surface area (TPSA) is 88.8 Å². The van der Waals surface area contributed by atoms with Crippen LogP contribution in [0.1, 0.15) is 12.2 Å². The van der Waals surface area contributed by atoms with Crippen LogP contribution >= 0.6 is 23.4 Å². The van der Waals surface area contributed by atoms with Gasteiger partial charge in [0.15, 0.2) is 6.61 Å². The molecule has 1 atom stereocenters. The van der Waals surface area contributed by atoms with Crippen molar-refractivity contribution in [1.29, 1.82) is 0 Å².